The Hall–Kier alpha value is -2.25. The van der Waals surface area contributed by atoms with Crippen molar-refractivity contribution in [3.05, 3.63) is 63.9 Å². The molecule has 2 heterocycles. The normalized spacial score (nSPS) is 10.7. The fourth-order valence-corrected chi connectivity index (χ4v) is 4.09. The molecule has 0 radical (unpaired) electrons. The maximum Gasteiger partial charge on any atom is 0.236 e. The zero-order chi connectivity index (χ0) is 18.5. The molecule has 1 amide bonds. The summed E-state index contributed by atoms with van der Waals surface area (Å²) in [7, 11) is 0. The van der Waals surface area contributed by atoms with Gasteiger partial charge in [0, 0.05) is 28.9 Å². The number of amides is 1. The van der Waals surface area contributed by atoms with Crippen molar-refractivity contribution >= 4 is 34.1 Å². The molecular weight excluding hydrogens is 364 g/mol. The SMILES string of the molecule is Cc1cc(C)nc(SCC(=O)Nc2ncc(Cc3ccccc3C)s2)n1. The van der Waals surface area contributed by atoms with Gasteiger partial charge >= 0.3 is 0 Å². The van der Waals surface area contributed by atoms with Crippen LogP contribution in [-0.2, 0) is 11.2 Å². The minimum atomic E-state index is -0.102. The fraction of sp³-hybridized carbons (Fsp3) is 0.263. The Morgan fingerprint density at radius 3 is 2.62 bits per heavy atom. The fourth-order valence-electron chi connectivity index (χ4n) is 2.49. The monoisotopic (exact) mass is 384 g/mol. The third-order valence-corrected chi connectivity index (χ3v) is 5.48. The van der Waals surface area contributed by atoms with Crippen LogP contribution in [0.1, 0.15) is 27.4 Å². The first-order chi connectivity index (χ1) is 12.5. The van der Waals surface area contributed by atoms with E-state index in [0.717, 1.165) is 22.7 Å². The molecule has 3 rings (SSSR count). The number of aromatic nitrogens is 3. The van der Waals surface area contributed by atoms with E-state index < -0.39 is 0 Å². The Morgan fingerprint density at radius 2 is 1.88 bits per heavy atom. The van der Waals surface area contributed by atoms with Crippen LogP contribution in [-0.4, -0.2) is 26.6 Å². The van der Waals surface area contributed by atoms with Gasteiger partial charge in [-0.1, -0.05) is 36.0 Å². The van der Waals surface area contributed by atoms with Gasteiger partial charge in [-0.3, -0.25) is 4.79 Å². The third kappa shape index (κ3) is 5.12. The molecule has 1 N–H and O–H groups in total. The molecule has 0 unspecified atom stereocenters. The highest BCUT2D eigenvalue weighted by atomic mass is 32.2. The van der Waals surface area contributed by atoms with Gasteiger partial charge in [0.15, 0.2) is 10.3 Å². The minimum Gasteiger partial charge on any atom is -0.301 e. The molecule has 0 saturated heterocycles. The molecule has 26 heavy (non-hydrogen) atoms. The van der Waals surface area contributed by atoms with E-state index in [9.17, 15) is 4.79 Å². The summed E-state index contributed by atoms with van der Waals surface area (Å²) in [6, 6.07) is 10.2. The van der Waals surface area contributed by atoms with Crippen LogP contribution in [0.2, 0.25) is 0 Å². The summed E-state index contributed by atoms with van der Waals surface area (Å²) in [5, 5.41) is 4.10. The Bertz CT molecular complexity index is 903. The standard InChI is InChI=1S/C19H20N4OS2/c1-12-6-4-5-7-15(12)9-16-10-20-18(26-16)23-17(24)11-25-19-21-13(2)8-14(3)22-19/h4-8,10H,9,11H2,1-3H3,(H,20,23,24). The number of thiazole rings is 1. The van der Waals surface area contributed by atoms with Crippen molar-refractivity contribution < 1.29 is 4.79 Å². The van der Waals surface area contributed by atoms with Crippen molar-refractivity contribution in [2.75, 3.05) is 11.1 Å². The molecule has 2 aromatic heterocycles. The van der Waals surface area contributed by atoms with Crippen LogP contribution in [0.25, 0.3) is 0 Å². The molecular formula is C19H20N4OS2. The van der Waals surface area contributed by atoms with Crippen molar-refractivity contribution in [1.29, 1.82) is 0 Å². The van der Waals surface area contributed by atoms with Crippen LogP contribution in [0.5, 0.6) is 0 Å². The van der Waals surface area contributed by atoms with Gasteiger partial charge in [0.2, 0.25) is 5.91 Å². The molecule has 0 aliphatic carbocycles. The largest absolute Gasteiger partial charge is 0.301 e. The summed E-state index contributed by atoms with van der Waals surface area (Å²) >= 11 is 2.84. The van der Waals surface area contributed by atoms with E-state index in [1.807, 2.05) is 38.2 Å². The van der Waals surface area contributed by atoms with Crippen LogP contribution in [0.4, 0.5) is 5.13 Å². The molecule has 5 nitrogen and oxygen atoms in total. The lowest BCUT2D eigenvalue weighted by atomic mass is 10.1. The van der Waals surface area contributed by atoms with Crippen LogP contribution in [0.15, 0.2) is 41.7 Å². The zero-order valence-corrected chi connectivity index (χ0v) is 16.6. The Balaban J connectivity index is 1.55. The summed E-state index contributed by atoms with van der Waals surface area (Å²) in [5.74, 6) is 0.157. The molecule has 1 aromatic carbocycles. The molecule has 0 atom stereocenters. The molecule has 7 heteroatoms. The zero-order valence-electron chi connectivity index (χ0n) is 14.9. The summed E-state index contributed by atoms with van der Waals surface area (Å²) in [6.07, 6.45) is 2.65. The first kappa shape index (κ1) is 18.5. The van der Waals surface area contributed by atoms with Crippen LogP contribution >= 0.6 is 23.1 Å². The average Bonchev–Trinajstić information content (AvgIpc) is 3.01. The highest BCUT2D eigenvalue weighted by molar-refractivity contribution is 7.99. The number of rotatable bonds is 6. The summed E-state index contributed by atoms with van der Waals surface area (Å²) in [4.78, 5) is 26.3. The molecule has 0 bridgehead atoms. The Labute approximate surface area is 161 Å². The van der Waals surface area contributed by atoms with Crippen molar-refractivity contribution in [3.8, 4) is 0 Å². The second kappa shape index (κ2) is 8.42. The number of nitrogens with zero attached hydrogens (tertiary/aromatic N) is 3. The van der Waals surface area contributed by atoms with Crippen LogP contribution < -0.4 is 5.32 Å². The molecule has 0 fully saturated rings. The number of nitrogens with one attached hydrogen (secondary N) is 1. The first-order valence-corrected chi connectivity index (χ1v) is 10.0. The van der Waals surface area contributed by atoms with Crippen molar-refractivity contribution in [2.45, 2.75) is 32.3 Å². The van der Waals surface area contributed by atoms with Gasteiger partial charge < -0.3 is 5.32 Å². The summed E-state index contributed by atoms with van der Waals surface area (Å²) in [6.45, 7) is 5.94. The lowest BCUT2D eigenvalue weighted by Crippen LogP contribution is -2.14. The van der Waals surface area contributed by atoms with E-state index in [1.54, 1.807) is 0 Å². The first-order valence-electron chi connectivity index (χ1n) is 8.24. The molecule has 134 valence electrons. The number of aryl methyl sites for hydroxylation is 3. The number of benzene rings is 1. The number of anilines is 1. The number of thioether (sulfide) groups is 1. The van der Waals surface area contributed by atoms with E-state index in [4.69, 9.17) is 0 Å². The van der Waals surface area contributed by atoms with E-state index >= 15 is 0 Å². The number of carbonyl (C=O) groups excluding carboxylic acids is 1. The summed E-state index contributed by atoms with van der Waals surface area (Å²) in [5.41, 5.74) is 4.34. The van der Waals surface area contributed by atoms with E-state index in [0.29, 0.717) is 10.3 Å². The number of carbonyl (C=O) groups is 1. The predicted molar refractivity (Wildman–Crippen MR) is 107 cm³/mol. The van der Waals surface area contributed by atoms with E-state index in [1.165, 1.54) is 34.2 Å². The molecule has 0 spiro atoms. The Kier molecular flexibility index (Phi) is 6.00. The van der Waals surface area contributed by atoms with E-state index in [-0.39, 0.29) is 11.7 Å². The second-order valence-electron chi connectivity index (χ2n) is 6.01. The molecule has 3 aromatic rings. The number of hydrogen-bond donors (Lipinski definition) is 1. The van der Waals surface area contributed by atoms with Gasteiger partial charge in [-0.05, 0) is 38.0 Å². The Morgan fingerprint density at radius 1 is 1.15 bits per heavy atom. The van der Waals surface area contributed by atoms with Crippen LogP contribution in [0.3, 0.4) is 0 Å². The van der Waals surface area contributed by atoms with Crippen molar-refractivity contribution in [3.63, 3.8) is 0 Å². The second-order valence-corrected chi connectivity index (χ2v) is 8.06. The molecule has 0 aliphatic heterocycles. The molecule has 0 aliphatic rings. The van der Waals surface area contributed by atoms with Gasteiger partial charge in [0.25, 0.3) is 0 Å². The lowest BCUT2D eigenvalue weighted by molar-refractivity contribution is -0.113. The quantitative estimate of drug-likeness (QED) is 0.510. The smallest absolute Gasteiger partial charge is 0.236 e. The van der Waals surface area contributed by atoms with Crippen molar-refractivity contribution in [2.24, 2.45) is 0 Å². The van der Waals surface area contributed by atoms with Gasteiger partial charge in [0.05, 0.1) is 5.75 Å². The average molecular weight is 385 g/mol. The highest BCUT2D eigenvalue weighted by Crippen LogP contribution is 2.23. The molecule has 0 saturated carbocycles. The van der Waals surface area contributed by atoms with Gasteiger partial charge in [-0.15, -0.1) is 11.3 Å². The van der Waals surface area contributed by atoms with Crippen molar-refractivity contribution in [1.82, 2.24) is 15.0 Å². The van der Waals surface area contributed by atoms with Gasteiger partial charge in [0.1, 0.15) is 0 Å². The lowest BCUT2D eigenvalue weighted by Gasteiger charge is -2.03. The van der Waals surface area contributed by atoms with E-state index in [2.05, 4.69) is 39.3 Å². The van der Waals surface area contributed by atoms with Gasteiger partial charge in [-0.25, -0.2) is 15.0 Å². The maximum absolute atomic E-state index is 12.2. The predicted octanol–water partition coefficient (Wildman–Crippen LogP) is 4.18. The summed E-state index contributed by atoms with van der Waals surface area (Å²) < 4.78 is 0. The topological polar surface area (TPSA) is 67.8 Å². The third-order valence-electron chi connectivity index (χ3n) is 3.72. The minimum absolute atomic E-state index is 0.102. The van der Waals surface area contributed by atoms with Crippen LogP contribution in [0, 0.1) is 20.8 Å². The maximum atomic E-state index is 12.2. The number of hydrogen-bond acceptors (Lipinski definition) is 6. The van der Waals surface area contributed by atoms with Gasteiger partial charge in [-0.2, -0.15) is 0 Å². The highest BCUT2D eigenvalue weighted by Gasteiger charge is 2.10.